The minimum Gasteiger partial charge on any atom is -0.496 e. The van der Waals surface area contributed by atoms with Crippen molar-refractivity contribution in [3.63, 3.8) is 0 Å². The van der Waals surface area contributed by atoms with Gasteiger partial charge in [0.25, 0.3) is 0 Å². The van der Waals surface area contributed by atoms with Crippen molar-refractivity contribution >= 4 is 32.9 Å². The molecular formula is C15H13N3OS. The first-order chi connectivity index (χ1) is 9.86. The smallest absolute Gasteiger partial charge is 0.204 e. The second kappa shape index (κ2) is 5.71. The Bertz CT molecular complexity index is 718. The van der Waals surface area contributed by atoms with Crippen molar-refractivity contribution < 1.29 is 4.74 Å². The normalized spacial score (nSPS) is 11.1. The molecule has 0 bridgehead atoms. The molecule has 0 spiro atoms. The molecule has 0 radical (unpaired) electrons. The summed E-state index contributed by atoms with van der Waals surface area (Å²) in [4.78, 5) is 4.45. The third-order valence-corrected chi connectivity index (χ3v) is 3.74. The van der Waals surface area contributed by atoms with Gasteiger partial charge >= 0.3 is 0 Å². The standard InChI is InChI=1S/C15H13N3OS/c1-19-13-8-4-2-6-11(13)10-16-18-15-17-12-7-3-5-9-14(12)20-15/h2-10H,1H3,(H,17,18)/b16-10+. The van der Waals surface area contributed by atoms with Crippen LogP contribution in [0, 0.1) is 0 Å². The number of hydrogen-bond donors (Lipinski definition) is 1. The molecule has 20 heavy (non-hydrogen) atoms. The molecule has 0 aliphatic carbocycles. The van der Waals surface area contributed by atoms with Gasteiger partial charge in [0.1, 0.15) is 5.75 Å². The van der Waals surface area contributed by atoms with Crippen molar-refractivity contribution in [2.24, 2.45) is 5.10 Å². The topological polar surface area (TPSA) is 46.5 Å². The van der Waals surface area contributed by atoms with Gasteiger partial charge in [-0.1, -0.05) is 35.6 Å². The molecule has 0 saturated heterocycles. The lowest BCUT2D eigenvalue weighted by Gasteiger charge is -2.02. The molecular weight excluding hydrogens is 270 g/mol. The number of nitrogens with one attached hydrogen (secondary N) is 1. The van der Waals surface area contributed by atoms with Gasteiger partial charge in [-0.3, -0.25) is 5.43 Å². The van der Waals surface area contributed by atoms with Crippen LogP contribution in [0.1, 0.15) is 5.56 Å². The van der Waals surface area contributed by atoms with Crippen LogP contribution in [0.4, 0.5) is 5.13 Å². The molecule has 1 N–H and O–H groups in total. The van der Waals surface area contributed by atoms with Gasteiger partial charge in [0.05, 0.1) is 23.5 Å². The van der Waals surface area contributed by atoms with E-state index in [1.165, 1.54) is 0 Å². The molecule has 4 nitrogen and oxygen atoms in total. The Hall–Kier alpha value is -2.40. The van der Waals surface area contributed by atoms with Crippen LogP contribution in [0.3, 0.4) is 0 Å². The van der Waals surface area contributed by atoms with Crippen LogP contribution in [0.15, 0.2) is 53.6 Å². The third kappa shape index (κ3) is 2.62. The van der Waals surface area contributed by atoms with Gasteiger partial charge in [-0.15, -0.1) is 0 Å². The molecule has 2 aromatic carbocycles. The zero-order valence-electron chi connectivity index (χ0n) is 10.9. The highest BCUT2D eigenvalue weighted by Gasteiger charge is 2.01. The second-order valence-corrected chi connectivity index (χ2v) is 5.13. The van der Waals surface area contributed by atoms with E-state index >= 15 is 0 Å². The molecule has 0 saturated carbocycles. The van der Waals surface area contributed by atoms with Gasteiger partial charge in [0.2, 0.25) is 5.13 Å². The maximum atomic E-state index is 5.26. The molecule has 0 fully saturated rings. The van der Waals surface area contributed by atoms with E-state index in [-0.39, 0.29) is 0 Å². The van der Waals surface area contributed by atoms with Crippen molar-refractivity contribution in [1.82, 2.24) is 4.98 Å². The summed E-state index contributed by atoms with van der Waals surface area (Å²) < 4.78 is 6.41. The molecule has 100 valence electrons. The highest BCUT2D eigenvalue weighted by atomic mass is 32.1. The Kier molecular flexibility index (Phi) is 3.60. The molecule has 0 unspecified atom stereocenters. The molecule has 3 rings (SSSR count). The lowest BCUT2D eigenvalue weighted by atomic mass is 10.2. The second-order valence-electron chi connectivity index (χ2n) is 4.10. The average Bonchev–Trinajstić information content (AvgIpc) is 2.90. The van der Waals surface area contributed by atoms with Crippen molar-refractivity contribution in [3.8, 4) is 5.75 Å². The average molecular weight is 283 g/mol. The number of rotatable bonds is 4. The van der Waals surface area contributed by atoms with E-state index in [1.54, 1.807) is 24.7 Å². The van der Waals surface area contributed by atoms with E-state index in [9.17, 15) is 0 Å². The van der Waals surface area contributed by atoms with Crippen LogP contribution in [0.25, 0.3) is 10.2 Å². The fourth-order valence-corrected chi connectivity index (χ4v) is 2.67. The van der Waals surface area contributed by atoms with E-state index in [1.807, 2.05) is 48.5 Å². The highest BCUT2D eigenvalue weighted by molar-refractivity contribution is 7.22. The summed E-state index contributed by atoms with van der Waals surface area (Å²) in [5.41, 5.74) is 4.85. The maximum absolute atomic E-state index is 5.26. The quantitative estimate of drug-likeness (QED) is 0.586. The van der Waals surface area contributed by atoms with Crippen LogP contribution in [-0.4, -0.2) is 18.3 Å². The van der Waals surface area contributed by atoms with Gasteiger partial charge in [-0.2, -0.15) is 5.10 Å². The SMILES string of the molecule is COc1ccccc1/C=N/Nc1nc2ccccc2s1. The Morgan fingerprint density at radius 3 is 2.80 bits per heavy atom. The minimum absolute atomic E-state index is 0.775. The summed E-state index contributed by atoms with van der Waals surface area (Å²) in [7, 11) is 1.65. The Balaban J connectivity index is 1.77. The van der Waals surface area contributed by atoms with E-state index < -0.39 is 0 Å². The molecule has 1 aromatic heterocycles. The summed E-state index contributed by atoms with van der Waals surface area (Å²) >= 11 is 1.58. The monoisotopic (exact) mass is 283 g/mol. The van der Waals surface area contributed by atoms with Crippen molar-refractivity contribution in [1.29, 1.82) is 0 Å². The summed E-state index contributed by atoms with van der Waals surface area (Å²) in [5, 5.41) is 4.98. The Morgan fingerprint density at radius 1 is 1.15 bits per heavy atom. The number of hydrogen-bond acceptors (Lipinski definition) is 5. The van der Waals surface area contributed by atoms with E-state index in [0.717, 1.165) is 26.7 Å². The van der Waals surface area contributed by atoms with Crippen molar-refractivity contribution in [3.05, 3.63) is 54.1 Å². The van der Waals surface area contributed by atoms with Crippen LogP contribution in [0.2, 0.25) is 0 Å². The number of hydrazone groups is 1. The predicted octanol–water partition coefficient (Wildman–Crippen LogP) is 3.75. The van der Waals surface area contributed by atoms with E-state index in [4.69, 9.17) is 4.74 Å². The number of para-hydroxylation sites is 2. The van der Waals surface area contributed by atoms with Crippen molar-refractivity contribution in [2.45, 2.75) is 0 Å². The first-order valence-electron chi connectivity index (χ1n) is 6.14. The Morgan fingerprint density at radius 2 is 1.95 bits per heavy atom. The molecule has 5 heteroatoms. The molecule has 1 heterocycles. The van der Waals surface area contributed by atoms with Gasteiger partial charge in [-0.05, 0) is 24.3 Å². The van der Waals surface area contributed by atoms with Gasteiger partial charge in [0, 0.05) is 5.56 Å². The van der Waals surface area contributed by atoms with Gasteiger partial charge in [0.15, 0.2) is 0 Å². The largest absolute Gasteiger partial charge is 0.496 e. The highest BCUT2D eigenvalue weighted by Crippen LogP contribution is 2.25. The maximum Gasteiger partial charge on any atom is 0.204 e. The molecule has 0 aliphatic heterocycles. The van der Waals surface area contributed by atoms with Gasteiger partial charge in [-0.25, -0.2) is 4.98 Å². The summed E-state index contributed by atoms with van der Waals surface area (Å²) in [5.74, 6) is 0.794. The zero-order valence-corrected chi connectivity index (χ0v) is 11.7. The number of fused-ring (bicyclic) bond motifs is 1. The van der Waals surface area contributed by atoms with Crippen LogP contribution in [0.5, 0.6) is 5.75 Å². The zero-order chi connectivity index (χ0) is 13.8. The summed E-state index contributed by atoms with van der Waals surface area (Å²) in [6.07, 6.45) is 1.73. The third-order valence-electron chi connectivity index (χ3n) is 2.80. The number of aromatic nitrogens is 1. The molecule has 0 amide bonds. The molecule has 0 aliphatic rings. The van der Waals surface area contributed by atoms with E-state index in [2.05, 4.69) is 15.5 Å². The minimum atomic E-state index is 0.775. The van der Waals surface area contributed by atoms with Crippen LogP contribution >= 0.6 is 11.3 Å². The van der Waals surface area contributed by atoms with E-state index in [0.29, 0.717) is 0 Å². The fraction of sp³-hybridized carbons (Fsp3) is 0.0667. The summed E-state index contributed by atoms with van der Waals surface area (Å²) in [6, 6.07) is 15.7. The molecule has 3 aromatic rings. The number of thiazole rings is 1. The number of ether oxygens (including phenoxy) is 1. The van der Waals surface area contributed by atoms with Crippen LogP contribution < -0.4 is 10.2 Å². The number of methoxy groups -OCH3 is 1. The molecule has 0 atom stereocenters. The fourth-order valence-electron chi connectivity index (χ4n) is 1.85. The predicted molar refractivity (Wildman–Crippen MR) is 83.8 cm³/mol. The lowest BCUT2D eigenvalue weighted by molar-refractivity contribution is 0.414. The number of nitrogens with zero attached hydrogens (tertiary/aromatic N) is 2. The number of benzene rings is 2. The van der Waals surface area contributed by atoms with Gasteiger partial charge < -0.3 is 4.74 Å². The van der Waals surface area contributed by atoms with Crippen molar-refractivity contribution in [2.75, 3.05) is 12.5 Å². The lowest BCUT2D eigenvalue weighted by Crippen LogP contribution is -1.93. The summed E-state index contributed by atoms with van der Waals surface area (Å²) in [6.45, 7) is 0. The van der Waals surface area contributed by atoms with Crippen LogP contribution in [-0.2, 0) is 0 Å². The first kappa shape index (κ1) is 12.6. The number of anilines is 1. The first-order valence-corrected chi connectivity index (χ1v) is 6.96. The Labute approximate surface area is 120 Å².